The number of hydrogen-bond donors (Lipinski definition) is 4. The van der Waals surface area contributed by atoms with Gasteiger partial charge >= 0.3 is 0 Å². The molecule has 0 bridgehead atoms. The Bertz CT molecular complexity index is 574. The van der Waals surface area contributed by atoms with Crippen LogP contribution in [0.3, 0.4) is 0 Å². The molecule has 2 rings (SSSR count). The highest BCUT2D eigenvalue weighted by Crippen LogP contribution is 2.29. The van der Waals surface area contributed by atoms with E-state index in [0.29, 0.717) is 33.4 Å². The van der Waals surface area contributed by atoms with Crippen molar-refractivity contribution in [3.05, 3.63) is 36.4 Å². The van der Waals surface area contributed by atoms with E-state index in [-0.39, 0.29) is 0 Å². The first kappa shape index (κ1) is 12.2. The molecular weight excluding hydrogens is 247 g/mol. The van der Waals surface area contributed by atoms with Crippen LogP contribution in [0.2, 0.25) is 0 Å². The third kappa shape index (κ3) is 1.96. The number of benzene rings is 2. The SMILES string of the molecule is Nc1cccc([P](=O)c2cccc(N)c2N)c1N. The minimum atomic E-state index is -1.90. The van der Waals surface area contributed by atoms with Crippen molar-refractivity contribution in [1.82, 2.24) is 0 Å². The van der Waals surface area contributed by atoms with Crippen LogP contribution in [0.15, 0.2) is 36.4 Å². The second-order valence-electron chi connectivity index (χ2n) is 3.85. The van der Waals surface area contributed by atoms with E-state index in [0.717, 1.165) is 0 Å². The summed E-state index contributed by atoms with van der Waals surface area (Å²) in [5, 5.41) is 0.949. The quantitative estimate of drug-likeness (QED) is 0.470. The molecule has 0 unspecified atom stereocenters. The lowest BCUT2D eigenvalue weighted by molar-refractivity contribution is 0.598. The molecule has 5 nitrogen and oxygen atoms in total. The fourth-order valence-electron chi connectivity index (χ4n) is 1.62. The number of nitrogen functional groups attached to an aromatic ring is 4. The van der Waals surface area contributed by atoms with Crippen LogP contribution in [0.1, 0.15) is 0 Å². The number of rotatable bonds is 2. The summed E-state index contributed by atoms with van der Waals surface area (Å²) in [7, 11) is -1.90. The van der Waals surface area contributed by atoms with E-state index in [1.807, 2.05) is 0 Å². The smallest absolute Gasteiger partial charge is 0.141 e. The summed E-state index contributed by atoms with van der Waals surface area (Å²) in [5.74, 6) is 0. The van der Waals surface area contributed by atoms with Gasteiger partial charge in [-0.2, -0.15) is 0 Å². The van der Waals surface area contributed by atoms with E-state index in [1.54, 1.807) is 36.4 Å². The van der Waals surface area contributed by atoms with E-state index < -0.39 is 7.80 Å². The first-order valence-corrected chi connectivity index (χ1v) is 6.53. The van der Waals surface area contributed by atoms with Gasteiger partial charge in [0.1, 0.15) is 7.80 Å². The monoisotopic (exact) mass is 261 g/mol. The first-order chi connectivity index (χ1) is 8.52. The highest BCUT2D eigenvalue weighted by atomic mass is 31.1. The van der Waals surface area contributed by atoms with Crippen molar-refractivity contribution >= 4 is 41.2 Å². The number of para-hydroxylation sites is 2. The lowest BCUT2D eigenvalue weighted by atomic mass is 10.3. The van der Waals surface area contributed by atoms with E-state index >= 15 is 0 Å². The minimum absolute atomic E-state index is 0.320. The molecule has 0 aliphatic carbocycles. The van der Waals surface area contributed by atoms with Crippen molar-refractivity contribution in [2.75, 3.05) is 22.9 Å². The van der Waals surface area contributed by atoms with E-state index in [4.69, 9.17) is 22.9 Å². The van der Waals surface area contributed by atoms with Gasteiger partial charge in [0.15, 0.2) is 0 Å². The van der Waals surface area contributed by atoms with Crippen LogP contribution >= 0.6 is 7.80 Å². The van der Waals surface area contributed by atoms with Gasteiger partial charge in [0.05, 0.1) is 33.4 Å². The molecule has 2 aromatic rings. The zero-order valence-electron chi connectivity index (χ0n) is 9.63. The molecule has 6 heteroatoms. The number of hydrogen-bond acceptors (Lipinski definition) is 5. The van der Waals surface area contributed by atoms with E-state index in [2.05, 4.69) is 0 Å². The maximum Gasteiger partial charge on any atom is 0.141 e. The molecule has 0 amide bonds. The van der Waals surface area contributed by atoms with Gasteiger partial charge in [0, 0.05) is 0 Å². The zero-order valence-corrected chi connectivity index (χ0v) is 10.5. The van der Waals surface area contributed by atoms with Gasteiger partial charge in [0.25, 0.3) is 0 Å². The molecule has 0 saturated heterocycles. The molecule has 0 heterocycles. The topological polar surface area (TPSA) is 121 Å². The molecule has 0 aliphatic heterocycles. The molecule has 2 aromatic carbocycles. The van der Waals surface area contributed by atoms with Crippen LogP contribution in [0.25, 0.3) is 0 Å². The molecule has 18 heavy (non-hydrogen) atoms. The molecule has 93 valence electrons. The lowest BCUT2D eigenvalue weighted by Crippen LogP contribution is -2.16. The Morgan fingerprint density at radius 3 is 1.50 bits per heavy atom. The lowest BCUT2D eigenvalue weighted by Gasteiger charge is -2.10. The van der Waals surface area contributed by atoms with E-state index in [9.17, 15) is 4.57 Å². The Morgan fingerprint density at radius 1 is 0.722 bits per heavy atom. The fraction of sp³-hybridized carbons (Fsp3) is 0. The van der Waals surface area contributed by atoms with Gasteiger partial charge < -0.3 is 22.9 Å². The maximum absolute atomic E-state index is 12.5. The third-order valence-electron chi connectivity index (χ3n) is 2.67. The Kier molecular flexibility index (Phi) is 3.08. The van der Waals surface area contributed by atoms with Gasteiger partial charge in [-0.3, -0.25) is 4.57 Å². The summed E-state index contributed by atoms with van der Waals surface area (Å²) in [4.78, 5) is 0. The van der Waals surface area contributed by atoms with Gasteiger partial charge in [-0.05, 0) is 24.3 Å². The average molecular weight is 261 g/mol. The van der Waals surface area contributed by atoms with Crippen LogP contribution in [-0.2, 0) is 4.57 Å². The largest absolute Gasteiger partial charge is 0.397 e. The highest BCUT2D eigenvalue weighted by Gasteiger charge is 2.16. The molecule has 0 saturated carbocycles. The predicted molar refractivity (Wildman–Crippen MR) is 77.4 cm³/mol. The van der Waals surface area contributed by atoms with Crippen LogP contribution in [0.5, 0.6) is 0 Å². The first-order valence-electron chi connectivity index (χ1n) is 5.27. The molecule has 1 radical (unpaired) electrons. The summed E-state index contributed by atoms with van der Waals surface area (Å²) >= 11 is 0. The van der Waals surface area contributed by atoms with Crippen LogP contribution in [-0.4, -0.2) is 0 Å². The van der Waals surface area contributed by atoms with Crippen LogP contribution in [0, 0.1) is 0 Å². The molecule has 0 aromatic heterocycles. The van der Waals surface area contributed by atoms with Gasteiger partial charge in [-0.15, -0.1) is 0 Å². The average Bonchev–Trinajstić information content (AvgIpc) is 2.35. The second-order valence-corrected chi connectivity index (χ2v) is 5.41. The third-order valence-corrected chi connectivity index (χ3v) is 4.33. The molecule has 0 aliphatic rings. The Hall–Kier alpha value is -2.26. The van der Waals surface area contributed by atoms with Gasteiger partial charge in [0.2, 0.25) is 0 Å². The maximum atomic E-state index is 12.5. The van der Waals surface area contributed by atoms with Crippen molar-refractivity contribution in [3.63, 3.8) is 0 Å². The van der Waals surface area contributed by atoms with Crippen molar-refractivity contribution in [2.24, 2.45) is 0 Å². The number of anilines is 4. The molecule has 0 fully saturated rings. The molecular formula is C12H14N4OP. The van der Waals surface area contributed by atoms with E-state index in [1.165, 1.54) is 0 Å². The standard InChI is InChI=1S/C12H14N4OP/c13-7-3-1-5-9(11(7)15)18(17)10-6-2-4-8(14)12(10)16/h1-6H,13-16H2. The normalized spacial score (nSPS) is 10.2. The summed E-state index contributed by atoms with van der Waals surface area (Å²) in [6.45, 7) is 0. The Morgan fingerprint density at radius 2 is 1.11 bits per heavy atom. The number of nitrogens with two attached hydrogens (primary N) is 4. The van der Waals surface area contributed by atoms with Gasteiger partial charge in [-0.1, -0.05) is 12.1 Å². The summed E-state index contributed by atoms with van der Waals surface area (Å²) in [6.07, 6.45) is 0. The zero-order chi connectivity index (χ0) is 13.3. The van der Waals surface area contributed by atoms with Crippen molar-refractivity contribution in [1.29, 1.82) is 0 Å². The summed E-state index contributed by atoms with van der Waals surface area (Å²) in [5.41, 5.74) is 24.5. The fourth-order valence-corrected chi connectivity index (χ4v) is 3.02. The summed E-state index contributed by atoms with van der Waals surface area (Å²) in [6, 6.07) is 10.1. The molecule has 0 spiro atoms. The highest BCUT2D eigenvalue weighted by molar-refractivity contribution is 7.62. The van der Waals surface area contributed by atoms with Crippen LogP contribution < -0.4 is 33.5 Å². The molecule has 8 N–H and O–H groups in total. The second kappa shape index (κ2) is 4.55. The summed E-state index contributed by atoms with van der Waals surface area (Å²) < 4.78 is 12.5. The van der Waals surface area contributed by atoms with Crippen molar-refractivity contribution in [3.8, 4) is 0 Å². The van der Waals surface area contributed by atoms with Gasteiger partial charge in [-0.25, -0.2) is 0 Å². The Labute approximate surface area is 106 Å². The van der Waals surface area contributed by atoms with Crippen molar-refractivity contribution < 1.29 is 4.57 Å². The molecule has 0 atom stereocenters. The van der Waals surface area contributed by atoms with Crippen LogP contribution in [0.4, 0.5) is 22.7 Å². The predicted octanol–water partition coefficient (Wildman–Crippen LogP) is 0.794. The minimum Gasteiger partial charge on any atom is -0.397 e. The Balaban J connectivity index is 2.55. The van der Waals surface area contributed by atoms with Crippen molar-refractivity contribution in [2.45, 2.75) is 0 Å².